The molecule has 7 heteroatoms. The van der Waals surface area contributed by atoms with Crippen LogP contribution in [0.15, 0.2) is 29.3 Å². The number of piperazine rings is 1. The third-order valence-electron chi connectivity index (χ3n) is 4.23. The quantitative estimate of drug-likeness (QED) is 0.387. The highest BCUT2D eigenvalue weighted by atomic mass is 127. The molecule has 1 N–H and O–H groups in total. The number of ether oxygens (including phenoxy) is 1. The smallest absolute Gasteiger partial charge is 0.194 e. The van der Waals surface area contributed by atoms with Crippen molar-refractivity contribution in [2.24, 2.45) is 4.99 Å². The molecular formula is C18H31IN4OS. The molecule has 1 aromatic carbocycles. The summed E-state index contributed by atoms with van der Waals surface area (Å²) in [4.78, 5) is 9.58. The molecule has 2 rings (SSSR count). The molecule has 1 aliphatic heterocycles. The monoisotopic (exact) mass is 478 g/mol. The van der Waals surface area contributed by atoms with E-state index in [0.29, 0.717) is 5.25 Å². The molecule has 0 spiro atoms. The van der Waals surface area contributed by atoms with Crippen molar-refractivity contribution in [1.82, 2.24) is 10.2 Å². The molecule has 1 fully saturated rings. The fourth-order valence-corrected chi connectivity index (χ4v) is 2.92. The molecule has 0 aromatic heterocycles. The summed E-state index contributed by atoms with van der Waals surface area (Å²) in [6.07, 6.45) is 2.14. The van der Waals surface area contributed by atoms with Gasteiger partial charge in [-0.1, -0.05) is 13.0 Å². The maximum Gasteiger partial charge on any atom is 0.194 e. The number of rotatable bonds is 6. The molecule has 1 atom stereocenters. The van der Waals surface area contributed by atoms with Crippen molar-refractivity contribution in [3.63, 3.8) is 0 Å². The van der Waals surface area contributed by atoms with E-state index < -0.39 is 0 Å². The van der Waals surface area contributed by atoms with Crippen molar-refractivity contribution in [2.45, 2.75) is 19.1 Å². The van der Waals surface area contributed by atoms with Crippen LogP contribution >= 0.6 is 35.7 Å². The number of nitrogens with one attached hydrogen (secondary N) is 1. The third kappa shape index (κ3) is 6.77. The van der Waals surface area contributed by atoms with E-state index in [2.05, 4.69) is 53.4 Å². The maximum absolute atomic E-state index is 5.33. The molecule has 0 radical (unpaired) electrons. The second kappa shape index (κ2) is 11.7. The molecule has 5 nitrogen and oxygen atoms in total. The van der Waals surface area contributed by atoms with Crippen LogP contribution in [0.1, 0.15) is 13.8 Å². The third-order valence-corrected chi connectivity index (χ3v) is 5.19. The van der Waals surface area contributed by atoms with E-state index in [1.165, 1.54) is 5.69 Å². The zero-order chi connectivity index (χ0) is 17.4. The topological polar surface area (TPSA) is 40.1 Å². The summed E-state index contributed by atoms with van der Waals surface area (Å²) in [6.45, 7) is 10.1. The normalized spacial score (nSPS) is 16.2. The predicted molar refractivity (Wildman–Crippen MR) is 121 cm³/mol. The van der Waals surface area contributed by atoms with E-state index >= 15 is 0 Å². The van der Waals surface area contributed by atoms with E-state index in [1.54, 1.807) is 7.11 Å². The Morgan fingerprint density at radius 1 is 1.32 bits per heavy atom. The standard InChI is InChI=1S/C18H30N4OS.HI/c1-5-19-18(20-14-15(2)24-4)22-11-9-21(10-12-22)16-7-6-8-17(13-16)23-3;/h6-8,13,15H,5,9-12,14H2,1-4H3,(H,19,20);1H. The van der Waals surface area contributed by atoms with Gasteiger partial charge >= 0.3 is 0 Å². The highest BCUT2D eigenvalue weighted by Crippen LogP contribution is 2.22. The second-order valence-corrected chi connectivity index (χ2v) is 7.19. The molecule has 1 aromatic rings. The van der Waals surface area contributed by atoms with Gasteiger partial charge in [0.2, 0.25) is 0 Å². The zero-order valence-corrected chi connectivity index (χ0v) is 18.8. The number of methoxy groups -OCH3 is 1. The van der Waals surface area contributed by atoms with Gasteiger partial charge in [-0.2, -0.15) is 11.8 Å². The molecule has 1 saturated heterocycles. The Balaban J connectivity index is 0.00000312. The van der Waals surface area contributed by atoms with Crippen molar-refractivity contribution in [3.05, 3.63) is 24.3 Å². The van der Waals surface area contributed by atoms with E-state index in [0.717, 1.165) is 51.0 Å². The fraction of sp³-hybridized carbons (Fsp3) is 0.611. The number of hydrogen-bond acceptors (Lipinski definition) is 4. The summed E-state index contributed by atoms with van der Waals surface area (Å²) in [5.74, 6) is 1.96. The minimum absolute atomic E-state index is 0. The summed E-state index contributed by atoms with van der Waals surface area (Å²) in [5, 5.41) is 3.99. The van der Waals surface area contributed by atoms with Gasteiger partial charge in [-0.05, 0) is 25.3 Å². The lowest BCUT2D eigenvalue weighted by Crippen LogP contribution is -2.52. The van der Waals surface area contributed by atoms with Crippen LogP contribution in [0, 0.1) is 0 Å². The summed E-state index contributed by atoms with van der Waals surface area (Å²) in [7, 11) is 1.71. The van der Waals surface area contributed by atoms with Gasteiger partial charge in [-0.3, -0.25) is 4.99 Å². The highest BCUT2D eigenvalue weighted by molar-refractivity contribution is 14.0. The van der Waals surface area contributed by atoms with Crippen LogP contribution in [0.25, 0.3) is 0 Å². The van der Waals surface area contributed by atoms with E-state index in [1.807, 2.05) is 17.8 Å². The Morgan fingerprint density at radius 2 is 2.04 bits per heavy atom. The summed E-state index contributed by atoms with van der Waals surface area (Å²) < 4.78 is 5.33. The first-order chi connectivity index (χ1) is 11.7. The van der Waals surface area contributed by atoms with Gasteiger partial charge in [-0.25, -0.2) is 0 Å². The van der Waals surface area contributed by atoms with Crippen molar-refractivity contribution in [2.75, 3.05) is 57.5 Å². The molecule has 0 bridgehead atoms. The molecule has 142 valence electrons. The van der Waals surface area contributed by atoms with E-state index in [-0.39, 0.29) is 24.0 Å². The average molecular weight is 478 g/mol. The lowest BCUT2D eigenvalue weighted by molar-refractivity contribution is 0.372. The first-order valence-electron chi connectivity index (χ1n) is 8.63. The van der Waals surface area contributed by atoms with Crippen LogP contribution in [0.4, 0.5) is 5.69 Å². The van der Waals surface area contributed by atoms with E-state index in [9.17, 15) is 0 Å². The summed E-state index contributed by atoms with van der Waals surface area (Å²) in [6, 6.07) is 8.30. The first kappa shape index (κ1) is 22.2. The van der Waals surface area contributed by atoms with Crippen molar-refractivity contribution in [3.8, 4) is 5.75 Å². The van der Waals surface area contributed by atoms with Gasteiger partial charge in [0, 0.05) is 49.7 Å². The van der Waals surface area contributed by atoms with Gasteiger partial charge in [0.05, 0.1) is 13.7 Å². The number of aliphatic imine (C=N–C) groups is 1. The minimum atomic E-state index is 0. The molecule has 1 unspecified atom stereocenters. The van der Waals surface area contributed by atoms with Crippen LogP contribution in [-0.2, 0) is 0 Å². The summed E-state index contributed by atoms with van der Waals surface area (Å²) >= 11 is 1.86. The van der Waals surface area contributed by atoms with E-state index in [4.69, 9.17) is 9.73 Å². The lowest BCUT2D eigenvalue weighted by Gasteiger charge is -2.37. The maximum atomic E-state index is 5.33. The van der Waals surface area contributed by atoms with Gasteiger partial charge < -0.3 is 19.9 Å². The van der Waals surface area contributed by atoms with Crippen molar-refractivity contribution < 1.29 is 4.74 Å². The second-order valence-electron chi connectivity index (χ2n) is 5.92. The van der Waals surface area contributed by atoms with Crippen molar-refractivity contribution in [1.29, 1.82) is 0 Å². The molecule has 0 amide bonds. The average Bonchev–Trinajstić information content (AvgIpc) is 2.65. The number of guanidine groups is 1. The molecule has 0 aliphatic carbocycles. The van der Waals surface area contributed by atoms with Gasteiger partial charge in [0.15, 0.2) is 5.96 Å². The Kier molecular flexibility index (Phi) is 10.4. The Bertz CT molecular complexity index is 536. The fourth-order valence-electron chi connectivity index (χ4n) is 2.70. The number of halogens is 1. The van der Waals surface area contributed by atoms with Crippen LogP contribution in [0.3, 0.4) is 0 Å². The molecular weight excluding hydrogens is 447 g/mol. The lowest BCUT2D eigenvalue weighted by atomic mass is 10.2. The Morgan fingerprint density at radius 3 is 2.64 bits per heavy atom. The summed E-state index contributed by atoms with van der Waals surface area (Å²) in [5.41, 5.74) is 1.23. The highest BCUT2D eigenvalue weighted by Gasteiger charge is 2.20. The van der Waals surface area contributed by atoms with Gasteiger partial charge in [0.1, 0.15) is 5.75 Å². The number of nitrogens with zero attached hydrogens (tertiary/aromatic N) is 3. The number of hydrogen-bond donors (Lipinski definition) is 1. The van der Waals surface area contributed by atoms with Crippen LogP contribution in [0.2, 0.25) is 0 Å². The van der Waals surface area contributed by atoms with Crippen LogP contribution in [-0.4, -0.2) is 68.7 Å². The molecule has 0 saturated carbocycles. The minimum Gasteiger partial charge on any atom is -0.497 e. The number of anilines is 1. The first-order valence-corrected chi connectivity index (χ1v) is 9.91. The zero-order valence-electron chi connectivity index (χ0n) is 15.7. The predicted octanol–water partition coefficient (Wildman–Crippen LogP) is 3.15. The molecule has 1 heterocycles. The van der Waals surface area contributed by atoms with Crippen LogP contribution < -0.4 is 15.0 Å². The van der Waals surface area contributed by atoms with Gasteiger partial charge in [-0.15, -0.1) is 24.0 Å². The van der Waals surface area contributed by atoms with Crippen molar-refractivity contribution >= 4 is 47.4 Å². The number of benzene rings is 1. The number of thioether (sulfide) groups is 1. The Labute approximate surface area is 173 Å². The Hall–Kier alpha value is -0.830. The van der Waals surface area contributed by atoms with Gasteiger partial charge in [0.25, 0.3) is 0 Å². The molecule has 25 heavy (non-hydrogen) atoms. The SMILES string of the molecule is CCNC(=NCC(C)SC)N1CCN(c2cccc(OC)c2)CC1.I. The van der Waals surface area contributed by atoms with Crippen LogP contribution in [0.5, 0.6) is 5.75 Å². The largest absolute Gasteiger partial charge is 0.497 e. The molecule has 1 aliphatic rings.